The molecule has 8 fully saturated rings. The Bertz CT molecular complexity index is 2790. The molecule has 522 valence electrons. The Labute approximate surface area is 537 Å². The summed E-state index contributed by atoms with van der Waals surface area (Å²) in [7, 11) is 0. The zero-order valence-electron chi connectivity index (χ0n) is 55.1. The van der Waals surface area contributed by atoms with Gasteiger partial charge in [-0.15, -0.1) is 0 Å². The third-order valence-corrected chi connectivity index (χ3v) is 24.3. The molecule has 9 aliphatic rings. The van der Waals surface area contributed by atoms with Crippen molar-refractivity contribution in [1.82, 2.24) is 0 Å². The molecule has 0 spiro atoms. The Hall–Kier alpha value is -3.62. The van der Waals surface area contributed by atoms with E-state index < -0.39 is 216 Å². The molecule has 4 heterocycles. The number of esters is 3. The van der Waals surface area contributed by atoms with E-state index in [1.165, 1.54) is 6.92 Å². The fourth-order valence-corrected chi connectivity index (χ4v) is 18.5. The van der Waals surface area contributed by atoms with Crippen molar-refractivity contribution >= 4 is 23.9 Å². The number of carbonyl (C=O) groups is 4. The first kappa shape index (κ1) is 72.6. The number of carboxylic acid groups (broad SMARTS) is 1. The fraction of sp³-hybridized carbons (Fsp3) is 0.848. The van der Waals surface area contributed by atoms with Crippen LogP contribution in [-0.2, 0) is 66.5 Å². The highest BCUT2D eigenvalue weighted by Gasteiger charge is 2.73. The molecule has 5 aliphatic carbocycles. The van der Waals surface area contributed by atoms with E-state index in [2.05, 4.69) is 26.8 Å². The molecule has 4 saturated heterocycles. The van der Waals surface area contributed by atoms with Gasteiger partial charge in [0.1, 0.15) is 73.8 Å². The average Bonchev–Trinajstić information content (AvgIpc) is 0.773. The van der Waals surface area contributed by atoms with Crippen LogP contribution in [0.1, 0.15) is 141 Å². The van der Waals surface area contributed by atoms with Gasteiger partial charge in [0.05, 0.1) is 49.1 Å². The fourth-order valence-electron chi connectivity index (χ4n) is 18.5. The summed E-state index contributed by atoms with van der Waals surface area (Å²) >= 11 is 0. The van der Waals surface area contributed by atoms with E-state index in [1.54, 1.807) is 46.8 Å². The van der Waals surface area contributed by atoms with E-state index in [0.717, 1.165) is 5.57 Å². The van der Waals surface area contributed by atoms with Gasteiger partial charge in [0, 0.05) is 18.1 Å². The molecule has 0 amide bonds. The maximum atomic E-state index is 13.4. The minimum atomic E-state index is -2.13. The van der Waals surface area contributed by atoms with Crippen LogP contribution in [0.25, 0.3) is 0 Å². The topological polar surface area (TPSA) is 403 Å². The number of allylic oxidation sites excluding steroid dienone is 4. The van der Waals surface area contributed by atoms with Gasteiger partial charge in [-0.1, -0.05) is 72.3 Å². The summed E-state index contributed by atoms with van der Waals surface area (Å²) in [4.78, 5) is 52.5. The van der Waals surface area contributed by atoms with Gasteiger partial charge in [-0.05, 0) is 137 Å². The maximum absolute atomic E-state index is 13.4. The molecule has 92 heavy (non-hydrogen) atoms. The maximum Gasteiger partial charge on any atom is 0.335 e. The van der Waals surface area contributed by atoms with Gasteiger partial charge in [-0.2, -0.15) is 0 Å². The summed E-state index contributed by atoms with van der Waals surface area (Å²) in [6, 6.07) is 0. The standard InChI is InChI=1S/C66H102O26/c1-14-28(3)56(81)88-49-30(5)84-35(44(73)50(49)89-57(82)29(4)15-2)22-33-54(78)66(27-83-31(6)69)34(23-61(33,7)8)32-16-17-39-63(11)20-19-41(62(9,10)38(63)18-21-64(39,12)65(32,13)24-40(66)70)87-60-53(92-59-47(76)45(74)42(71)36(25-67)85-59)51(48(77)52(91-60)55(79)80)90-58-46(75)43(72)37(26-68)86-58/h14-16,30,33-54,58-60,67-68,70-78H,17-27H2,1-13H3,(H,79,80)/b28-14-,29-15-/t30?,33-,34?,35-,36?,37+,38?,39?,40+,41-,42-,43-,44?,45-,46?,47?,48+,49-,50+,51-,52?,53?,54-,58-,59-,60+,63-,64+,65+,66-/m0/s1. The highest BCUT2D eigenvalue weighted by atomic mass is 16.8. The second-order valence-electron chi connectivity index (χ2n) is 29.8. The normalized spacial score (nSPS) is 48.4. The number of ether oxygens (including phenoxy) is 10. The lowest BCUT2D eigenvalue weighted by atomic mass is 9.32. The molecule has 0 radical (unpaired) electrons. The zero-order valence-corrected chi connectivity index (χ0v) is 55.1. The van der Waals surface area contributed by atoms with Gasteiger partial charge in [0.25, 0.3) is 0 Å². The minimum Gasteiger partial charge on any atom is -0.479 e. The van der Waals surface area contributed by atoms with Crippen LogP contribution in [0.5, 0.6) is 0 Å². The van der Waals surface area contributed by atoms with Gasteiger partial charge in [-0.25, -0.2) is 14.4 Å². The lowest BCUT2D eigenvalue weighted by Gasteiger charge is -2.73. The van der Waals surface area contributed by atoms with Crippen molar-refractivity contribution in [2.75, 3.05) is 19.8 Å². The van der Waals surface area contributed by atoms with E-state index in [-0.39, 0.29) is 36.9 Å². The summed E-state index contributed by atoms with van der Waals surface area (Å²) in [6.45, 7) is 22.4. The van der Waals surface area contributed by atoms with E-state index in [0.29, 0.717) is 44.1 Å². The SMILES string of the molecule is C/C=C(/C)C(=O)O[C@@H]1C(O)[C@H](C[C@H]2[C@H](O)[C@@]3(COC(C)=O)C(CC2(C)C)C2=CCC4[C@@]5(C)CC[C@H](O[C@@H]6OC(C(=O)O)[C@H](O)[C@H](O[C@@H]7O[C@H](CO)[C@H](O)C7O)C6O[C@@H]6OC(CO)[C@H](O)[C@H](O)C6O)C(C)(C)C5CC[C@@]4(C)[C@]2(C)C[C@H]3O)OC(C)[C@@H]1OC(=O)/C(C)=C\C. The molecular formula is C66H102O26. The van der Waals surface area contributed by atoms with Crippen LogP contribution in [0.15, 0.2) is 34.9 Å². The number of hydrogen-bond donors (Lipinski definition) is 12. The van der Waals surface area contributed by atoms with Crippen molar-refractivity contribution in [2.45, 2.75) is 276 Å². The third kappa shape index (κ3) is 12.3. The quantitative estimate of drug-likeness (QED) is 0.0322. The smallest absolute Gasteiger partial charge is 0.335 e. The molecule has 0 aromatic carbocycles. The highest BCUT2D eigenvalue weighted by molar-refractivity contribution is 5.88. The first-order chi connectivity index (χ1) is 42.9. The molecule has 26 nitrogen and oxygen atoms in total. The molecule has 0 aromatic rings. The van der Waals surface area contributed by atoms with E-state index in [1.807, 2.05) is 27.7 Å². The van der Waals surface area contributed by atoms with Crippen LogP contribution in [0.4, 0.5) is 0 Å². The second kappa shape index (κ2) is 27.0. The Morgan fingerprint density at radius 2 is 1.18 bits per heavy atom. The van der Waals surface area contributed by atoms with E-state index >= 15 is 0 Å². The number of aliphatic hydroxyl groups is 11. The summed E-state index contributed by atoms with van der Waals surface area (Å²) in [5, 5.41) is 135. The van der Waals surface area contributed by atoms with Gasteiger partial charge in [0.2, 0.25) is 0 Å². The van der Waals surface area contributed by atoms with Crippen LogP contribution in [0, 0.1) is 56.2 Å². The van der Waals surface area contributed by atoms with Crippen LogP contribution in [0.3, 0.4) is 0 Å². The Kier molecular flexibility index (Phi) is 21.3. The number of hydrogen-bond acceptors (Lipinski definition) is 25. The van der Waals surface area contributed by atoms with Crippen LogP contribution >= 0.6 is 0 Å². The summed E-state index contributed by atoms with van der Waals surface area (Å²) in [5.41, 5.74) is -2.96. The van der Waals surface area contributed by atoms with E-state index in [9.17, 15) is 80.5 Å². The van der Waals surface area contributed by atoms with Crippen molar-refractivity contribution < 1.29 is 128 Å². The van der Waals surface area contributed by atoms with Crippen molar-refractivity contribution in [3.05, 3.63) is 34.9 Å². The van der Waals surface area contributed by atoms with Gasteiger partial charge >= 0.3 is 23.9 Å². The predicted octanol–water partition coefficient (Wildman–Crippen LogP) is 1.38. The molecule has 9 rings (SSSR count). The number of rotatable bonds is 17. The molecule has 4 aliphatic heterocycles. The van der Waals surface area contributed by atoms with Gasteiger partial charge < -0.3 is 109 Å². The van der Waals surface area contributed by atoms with E-state index in [4.69, 9.17) is 47.4 Å². The largest absolute Gasteiger partial charge is 0.479 e. The predicted molar refractivity (Wildman–Crippen MR) is 319 cm³/mol. The molecule has 4 saturated carbocycles. The zero-order chi connectivity index (χ0) is 68.0. The molecular weight excluding hydrogens is 1210 g/mol. The van der Waals surface area contributed by atoms with Crippen LogP contribution < -0.4 is 0 Å². The van der Waals surface area contributed by atoms with Crippen molar-refractivity contribution in [1.29, 1.82) is 0 Å². The van der Waals surface area contributed by atoms with Gasteiger partial charge in [0.15, 0.2) is 37.2 Å². The summed E-state index contributed by atoms with van der Waals surface area (Å²) in [6.07, 6.45) is -26.0. The number of aliphatic carboxylic acids is 1. The third-order valence-electron chi connectivity index (χ3n) is 24.3. The molecule has 0 aromatic heterocycles. The monoisotopic (exact) mass is 1310 g/mol. The number of aliphatic hydroxyl groups excluding tert-OH is 11. The Morgan fingerprint density at radius 1 is 0.620 bits per heavy atom. The molecule has 10 unspecified atom stereocenters. The Morgan fingerprint density at radius 3 is 1.75 bits per heavy atom. The Balaban J connectivity index is 1.01. The number of fused-ring (bicyclic) bond motifs is 7. The molecule has 0 bridgehead atoms. The molecule has 30 atom stereocenters. The first-order valence-corrected chi connectivity index (χ1v) is 32.6. The number of carbonyl (C=O) groups excluding carboxylic acids is 3. The minimum absolute atomic E-state index is 0.00805. The first-order valence-electron chi connectivity index (χ1n) is 32.6. The lowest BCUT2D eigenvalue weighted by Crippen LogP contribution is -2.71. The van der Waals surface area contributed by atoms with Crippen molar-refractivity contribution in [2.24, 2.45) is 56.2 Å². The highest BCUT2D eigenvalue weighted by Crippen LogP contribution is 2.76. The lowest BCUT2D eigenvalue weighted by molar-refractivity contribution is -0.386. The summed E-state index contributed by atoms with van der Waals surface area (Å²) in [5.74, 6) is -5.01. The summed E-state index contributed by atoms with van der Waals surface area (Å²) < 4.78 is 60.9. The number of carboxylic acids is 1. The van der Waals surface area contributed by atoms with Crippen LogP contribution in [-0.4, -0.2) is 240 Å². The van der Waals surface area contributed by atoms with Crippen molar-refractivity contribution in [3.8, 4) is 0 Å². The second-order valence-corrected chi connectivity index (χ2v) is 29.8. The molecule has 26 heteroatoms. The molecule has 12 N–H and O–H groups in total. The van der Waals surface area contributed by atoms with Crippen LogP contribution in [0.2, 0.25) is 0 Å². The van der Waals surface area contributed by atoms with Crippen molar-refractivity contribution in [3.63, 3.8) is 0 Å². The average molecular weight is 1310 g/mol. The van der Waals surface area contributed by atoms with Gasteiger partial charge in [-0.3, -0.25) is 4.79 Å².